The minimum atomic E-state index is 0.738. The van der Waals surface area contributed by atoms with E-state index in [1.54, 1.807) is 7.11 Å². The largest absolute Gasteiger partial charge is 0.491 e. The summed E-state index contributed by atoms with van der Waals surface area (Å²) >= 11 is 4.67. The Hall–Kier alpha value is 0.107. The standard InChI is InChI=1S/C3H8OSSi/c1-4-3(5)2-6/h2H2,1,6H3. The van der Waals surface area contributed by atoms with Crippen LogP contribution in [0.1, 0.15) is 0 Å². The molecule has 0 aliphatic carbocycles. The predicted molar refractivity (Wildman–Crippen MR) is 34.4 cm³/mol. The Kier molecular flexibility index (Phi) is 3.36. The topological polar surface area (TPSA) is 9.23 Å². The highest BCUT2D eigenvalue weighted by Gasteiger charge is 1.81. The van der Waals surface area contributed by atoms with Crippen LogP contribution in [0.4, 0.5) is 0 Å². The smallest absolute Gasteiger partial charge is 0.155 e. The molecule has 1 nitrogen and oxygen atoms in total. The predicted octanol–water partition coefficient (Wildman–Crippen LogP) is -0.256. The second-order valence-electron chi connectivity index (χ2n) is 0.930. The van der Waals surface area contributed by atoms with Crippen molar-refractivity contribution in [1.82, 2.24) is 0 Å². The van der Waals surface area contributed by atoms with Crippen molar-refractivity contribution in [1.29, 1.82) is 0 Å². The van der Waals surface area contributed by atoms with Crippen LogP contribution in [0.2, 0.25) is 6.04 Å². The summed E-state index contributed by atoms with van der Waals surface area (Å²) in [5, 5.41) is 0.738. The van der Waals surface area contributed by atoms with Crippen molar-refractivity contribution in [2.75, 3.05) is 7.11 Å². The zero-order valence-corrected chi connectivity index (χ0v) is 6.84. The zero-order chi connectivity index (χ0) is 4.99. The van der Waals surface area contributed by atoms with Gasteiger partial charge >= 0.3 is 0 Å². The van der Waals surface area contributed by atoms with Crippen molar-refractivity contribution < 1.29 is 4.74 Å². The number of hydrogen-bond acceptors (Lipinski definition) is 2. The number of ether oxygens (including phenoxy) is 1. The van der Waals surface area contributed by atoms with Gasteiger partial charge in [0, 0.05) is 16.3 Å². The third kappa shape index (κ3) is 2.35. The minimum absolute atomic E-state index is 0.738. The van der Waals surface area contributed by atoms with Gasteiger partial charge in [-0.05, 0) is 12.2 Å². The number of rotatable bonds is 1. The minimum Gasteiger partial charge on any atom is -0.491 e. The molecule has 0 atom stereocenters. The molecule has 36 valence electrons. The van der Waals surface area contributed by atoms with Crippen molar-refractivity contribution in [2.24, 2.45) is 0 Å². The lowest BCUT2D eigenvalue weighted by Crippen LogP contribution is -1.92. The van der Waals surface area contributed by atoms with Crippen LogP contribution in [0, 0.1) is 0 Å². The summed E-state index contributed by atoms with van der Waals surface area (Å²) in [6.45, 7) is 0. The van der Waals surface area contributed by atoms with Crippen LogP contribution in [0.15, 0.2) is 0 Å². The molecule has 0 aromatic carbocycles. The third-order valence-electron chi connectivity index (χ3n) is 0.516. The van der Waals surface area contributed by atoms with Gasteiger partial charge in [0.2, 0.25) is 0 Å². The molecule has 0 aliphatic heterocycles. The van der Waals surface area contributed by atoms with E-state index in [0.29, 0.717) is 0 Å². The molecule has 3 heteroatoms. The normalized spacial score (nSPS) is 8.17. The highest BCUT2D eigenvalue weighted by atomic mass is 32.1. The fraction of sp³-hybridized carbons (Fsp3) is 0.667. The molecule has 0 unspecified atom stereocenters. The monoisotopic (exact) mass is 120 g/mol. The highest BCUT2D eigenvalue weighted by Crippen LogP contribution is 1.79. The second-order valence-corrected chi connectivity index (χ2v) is 2.09. The van der Waals surface area contributed by atoms with Gasteiger partial charge in [-0.25, -0.2) is 0 Å². The Morgan fingerprint density at radius 3 is 2.50 bits per heavy atom. The van der Waals surface area contributed by atoms with Crippen LogP contribution in [0.5, 0.6) is 0 Å². The first kappa shape index (κ1) is 6.11. The van der Waals surface area contributed by atoms with E-state index in [1.807, 2.05) is 0 Å². The average molecular weight is 120 g/mol. The van der Waals surface area contributed by atoms with E-state index < -0.39 is 0 Å². The fourth-order valence-corrected chi connectivity index (χ4v) is 0.433. The zero-order valence-electron chi connectivity index (χ0n) is 4.02. The number of thiocarbonyl (C=S) groups is 1. The van der Waals surface area contributed by atoms with Gasteiger partial charge in [0.15, 0.2) is 5.05 Å². The highest BCUT2D eigenvalue weighted by molar-refractivity contribution is 7.80. The molecule has 0 saturated carbocycles. The number of methoxy groups -OCH3 is 1. The summed E-state index contributed by atoms with van der Waals surface area (Å²) < 4.78 is 4.67. The first-order valence-electron chi connectivity index (χ1n) is 1.88. The lowest BCUT2D eigenvalue weighted by molar-refractivity contribution is 0.411. The molecule has 0 aliphatic rings. The van der Waals surface area contributed by atoms with E-state index in [2.05, 4.69) is 17.0 Å². The van der Waals surface area contributed by atoms with E-state index in [9.17, 15) is 0 Å². The van der Waals surface area contributed by atoms with E-state index in [4.69, 9.17) is 0 Å². The molecule has 0 aromatic heterocycles. The Morgan fingerprint density at radius 2 is 2.50 bits per heavy atom. The molecule has 0 bridgehead atoms. The summed E-state index contributed by atoms with van der Waals surface area (Å²) in [5.74, 6) is 0. The Bertz CT molecular complexity index is 48.8. The van der Waals surface area contributed by atoms with E-state index in [0.717, 1.165) is 21.3 Å². The first-order valence-corrected chi connectivity index (χ1v) is 3.70. The summed E-state index contributed by atoms with van der Waals surface area (Å²) in [7, 11) is 2.73. The van der Waals surface area contributed by atoms with Crippen LogP contribution in [0.25, 0.3) is 0 Å². The molecule has 0 N–H and O–H groups in total. The molecule has 0 aromatic rings. The van der Waals surface area contributed by atoms with Gasteiger partial charge in [-0.2, -0.15) is 0 Å². The van der Waals surface area contributed by atoms with E-state index in [1.165, 1.54) is 0 Å². The van der Waals surface area contributed by atoms with Crippen molar-refractivity contribution >= 4 is 27.5 Å². The van der Waals surface area contributed by atoms with Crippen molar-refractivity contribution in [3.05, 3.63) is 0 Å². The molecule has 0 fully saturated rings. The van der Waals surface area contributed by atoms with Gasteiger partial charge in [0.1, 0.15) is 0 Å². The van der Waals surface area contributed by atoms with Crippen LogP contribution < -0.4 is 0 Å². The molecule has 0 rings (SSSR count). The molecule has 0 spiro atoms. The van der Waals surface area contributed by atoms with Crippen LogP contribution in [0.3, 0.4) is 0 Å². The SMILES string of the molecule is COC(=S)C[SiH3]. The quantitative estimate of drug-likeness (QED) is 0.348. The lowest BCUT2D eigenvalue weighted by atomic mass is 10.8. The third-order valence-corrected chi connectivity index (χ3v) is 2.13. The summed E-state index contributed by atoms with van der Waals surface area (Å²) in [6.07, 6.45) is 0. The van der Waals surface area contributed by atoms with Gasteiger partial charge in [-0.1, -0.05) is 0 Å². The lowest BCUT2D eigenvalue weighted by Gasteiger charge is -1.91. The maximum Gasteiger partial charge on any atom is 0.155 e. The molecular weight excluding hydrogens is 112 g/mol. The van der Waals surface area contributed by atoms with Gasteiger partial charge in [0.05, 0.1) is 7.11 Å². The first-order chi connectivity index (χ1) is 2.81. The van der Waals surface area contributed by atoms with E-state index in [-0.39, 0.29) is 0 Å². The maximum atomic E-state index is 4.67. The number of hydrogen-bond donors (Lipinski definition) is 0. The van der Waals surface area contributed by atoms with Gasteiger partial charge < -0.3 is 4.74 Å². The Morgan fingerprint density at radius 1 is 2.00 bits per heavy atom. The molecular formula is C3H8OSSi. The second kappa shape index (κ2) is 3.30. The summed E-state index contributed by atoms with van der Waals surface area (Å²) in [5.41, 5.74) is 0. The van der Waals surface area contributed by atoms with Crippen molar-refractivity contribution in [3.63, 3.8) is 0 Å². The summed E-state index contributed by atoms with van der Waals surface area (Å²) in [4.78, 5) is 0. The van der Waals surface area contributed by atoms with Gasteiger partial charge in [-0.15, -0.1) is 0 Å². The maximum absolute atomic E-state index is 4.67. The fourth-order valence-electron chi connectivity index (χ4n) is 0.144. The Labute approximate surface area is 46.1 Å². The van der Waals surface area contributed by atoms with Crippen LogP contribution in [-0.4, -0.2) is 22.4 Å². The van der Waals surface area contributed by atoms with Gasteiger partial charge in [-0.3, -0.25) is 0 Å². The van der Waals surface area contributed by atoms with Crippen molar-refractivity contribution in [2.45, 2.75) is 6.04 Å². The molecule has 0 saturated heterocycles. The molecule has 6 heavy (non-hydrogen) atoms. The Balaban J connectivity index is 2.99. The van der Waals surface area contributed by atoms with Gasteiger partial charge in [0.25, 0.3) is 0 Å². The van der Waals surface area contributed by atoms with Crippen molar-refractivity contribution in [3.8, 4) is 0 Å². The molecule has 0 radical (unpaired) electrons. The average Bonchev–Trinajstić information content (AvgIpc) is 1.65. The molecule has 0 amide bonds. The van der Waals surface area contributed by atoms with E-state index >= 15 is 0 Å². The summed E-state index contributed by atoms with van der Waals surface area (Å²) in [6, 6.07) is 0.978. The molecule has 0 heterocycles. The van der Waals surface area contributed by atoms with Crippen LogP contribution in [-0.2, 0) is 4.74 Å². The van der Waals surface area contributed by atoms with Crippen LogP contribution >= 0.6 is 12.2 Å².